The second kappa shape index (κ2) is 8.38. The van der Waals surface area contributed by atoms with Crippen molar-refractivity contribution in [2.75, 3.05) is 31.0 Å². The van der Waals surface area contributed by atoms with Gasteiger partial charge in [0.2, 0.25) is 5.91 Å². The number of carbonyl (C=O) groups excluding carboxylic acids is 1. The Labute approximate surface area is 157 Å². The van der Waals surface area contributed by atoms with E-state index < -0.39 is 0 Å². The van der Waals surface area contributed by atoms with Gasteiger partial charge in [0.25, 0.3) is 0 Å². The zero-order valence-electron chi connectivity index (χ0n) is 14.8. The van der Waals surface area contributed by atoms with E-state index in [4.69, 9.17) is 21.1 Å². The molecule has 1 aliphatic rings. The molecular formula is C19H22ClN3O3. The fourth-order valence-electron chi connectivity index (χ4n) is 2.81. The van der Waals surface area contributed by atoms with Crippen molar-refractivity contribution in [2.24, 2.45) is 5.92 Å². The first-order chi connectivity index (χ1) is 12.6. The largest absolute Gasteiger partial charge is 0.495 e. The van der Waals surface area contributed by atoms with Crippen LogP contribution >= 0.6 is 11.6 Å². The summed E-state index contributed by atoms with van der Waals surface area (Å²) in [6.07, 6.45) is 3.15. The van der Waals surface area contributed by atoms with Crippen molar-refractivity contribution in [3.63, 3.8) is 0 Å². The lowest BCUT2D eigenvalue weighted by Crippen LogP contribution is -2.28. The average Bonchev–Trinajstić information content (AvgIpc) is 2.66. The van der Waals surface area contributed by atoms with Crippen LogP contribution in [0.2, 0.25) is 5.02 Å². The molecule has 0 spiro atoms. The first-order valence-electron chi connectivity index (χ1n) is 8.52. The number of methoxy groups -OCH3 is 1. The van der Waals surface area contributed by atoms with Crippen molar-refractivity contribution in [3.8, 4) is 5.75 Å². The van der Waals surface area contributed by atoms with Crippen LogP contribution in [0, 0.1) is 12.8 Å². The molecular weight excluding hydrogens is 354 g/mol. The number of pyridine rings is 1. The molecule has 1 aliphatic heterocycles. The Morgan fingerprint density at radius 2 is 2.08 bits per heavy atom. The lowest BCUT2D eigenvalue weighted by molar-refractivity contribution is -0.122. The molecule has 2 N–H and O–H groups in total. The molecule has 1 aromatic heterocycles. The second-order valence-electron chi connectivity index (χ2n) is 6.23. The quantitative estimate of drug-likeness (QED) is 0.820. The van der Waals surface area contributed by atoms with Gasteiger partial charge in [-0.25, -0.2) is 4.98 Å². The van der Waals surface area contributed by atoms with Crippen molar-refractivity contribution in [1.82, 2.24) is 4.98 Å². The van der Waals surface area contributed by atoms with Crippen molar-refractivity contribution >= 4 is 34.7 Å². The highest BCUT2D eigenvalue weighted by Gasteiger charge is 2.21. The van der Waals surface area contributed by atoms with Gasteiger partial charge in [0.05, 0.1) is 24.7 Å². The van der Waals surface area contributed by atoms with Crippen LogP contribution in [0.1, 0.15) is 18.4 Å². The fourth-order valence-corrected chi connectivity index (χ4v) is 2.97. The van der Waals surface area contributed by atoms with Gasteiger partial charge in [0.1, 0.15) is 11.6 Å². The number of amides is 1. The third-order valence-electron chi connectivity index (χ3n) is 4.37. The van der Waals surface area contributed by atoms with Gasteiger partial charge < -0.3 is 20.1 Å². The summed E-state index contributed by atoms with van der Waals surface area (Å²) in [4.78, 5) is 16.6. The Morgan fingerprint density at radius 3 is 2.73 bits per heavy atom. The van der Waals surface area contributed by atoms with E-state index in [1.807, 2.05) is 25.1 Å². The zero-order valence-corrected chi connectivity index (χ0v) is 15.6. The van der Waals surface area contributed by atoms with E-state index in [1.54, 1.807) is 19.4 Å². The molecule has 3 rings (SSSR count). The molecule has 0 bridgehead atoms. The van der Waals surface area contributed by atoms with E-state index in [9.17, 15) is 4.79 Å². The summed E-state index contributed by atoms with van der Waals surface area (Å²) in [5.41, 5.74) is 2.39. The first-order valence-corrected chi connectivity index (χ1v) is 8.90. The van der Waals surface area contributed by atoms with Gasteiger partial charge in [-0.05, 0) is 43.5 Å². The Kier molecular flexibility index (Phi) is 5.96. The lowest BCUT2D eigenvalue weighted by Gasteiger charge is -2.21. The molecule has 1 fully saturated rings. The predicted molar refractivity (Wildman–Crippen MR) is 102 cm³/mol. The number of rotatable bonds is 5. The predicted octanol–water partition coefficient (Wildman–Crippen LogP) is 4.16. The number of aryl methyl sites for hydroxylation is 1. The maximum Gasteiger partial charge on any atom is 0.227 e. The number of nitrogens with one attached hydrogen (secondary N) is 2. The SMILES string of the molecule is COc1cc(Cl)c(C)cc1Nc1ccc(NC(=O)C2CCOCC2)cn1. The number of benzene rings is 1. The zero-order chi connectivity index (χ0) is 18.5. The van der Waals surface area contributed by atoms with E-state index in [0.29, 0.717) is 35.5 Å². The highest BCUT2D eigenvalue weighted by Crippen LogP contribution is 2.32. The molecule has 138 valence electrons. The third kappa shape index (κ3) is 4.45. The summed E-state index contributed by atoms with van der Waals surface area (Å²) in [6, 6.07) is 7.30. The van der Waals surface area contributed by atoms with Crippen LogP contribution < -0.4 is 15.4 Å². The Balaban J connectivity index is 1.66. The Hall–Kier alpha value is -2.31. The first kappa shape index (κ1) is 18.5. The molecule has 2 aromatic rings. The molecule has 2 heterocycles. The smallest absolute Gasteiger partial charge is 0.227 e. The van der Waals surface area contributed by atoms with E-state index in [-0.39, 0.29) is 11.8 Å². The summed E-state index contributed by atoms with van der Waals surface area (Å²) >= 11 is 6.13. The number of ether oxygens (including phenoxy) is 2. The van der Waals surface area contributed by atoms with E-state index in [0.717, 1.165) is 24.1 Å². The Bertz CT molecular complexity index is 774. The summed E-state index contributed by atoms with van der Waals surface area (Å²) in [5.74, 6) is 1.31. The van der Waals surface area contributed by atoms with E-state index in [1.165, 1.54) is 0 Å². The molecule has 0 radical (unpaired) electrons. The van der Waals surface area contributed by atoms with Crippen molar-refractivity contribution in [1.29, 1.82) is 0 Å². The fraction of sp³-hybridized carbons (Fsp3) is 0.368. The van der Waals surface area contributed by atoms with E-state index in [2.05, 4.69) is 15.6 Å². The number of nitrogens with zero attached hydrogens (tertiary/aromatic N) is 1. The van der Waals surface area contributed by atoms with Gasteiger partial charge in [-0.2, -0.15) is 0 Å². The minimum absolute atomic E-state index is 0.00264. The number of halogens is 1. The monoisotopic (exact) mass is 375 g/mol. The maximum absolute atomic E-state index is 12.3. The van der Waals surface area contributed by atoms with Crippen molar-refractivity contribution in [3.05, 3.63) is 41.0 Å². The van der Waals surface area contributed by atoms with Gasteiger partial charge in [-0.3, -0.25) is 4.79 Å². The van der Waals surface area contributed by atoms with Gasteiger partial charge in [0, 0.05) is 30.2 Å². The summed E-state index contributed by atoms with van der Waals surface area (Å²) in [6.45, 7) is 3.21. The summed E-state index contributed by atoms with van der Waals surface area (Å²) < 4.78 is 10.6. The van der Waals surface area contributed by atoms with E-state index >= 15 is 0 Å². The lowest BCUT2D eigenvalue weighted by atomic mass is 9.99. The standard InChI is InChI=1S/C19H22ClN3O3/c1-12-9-16(17(25-2)10-15(12)20)23-18-4-3-14(11-21-18)22-19(24)13-5-7-26-8-6-13/h3-4,9-11,13H,5-8H2,1-2H3,(H,21,23)(H,22,24). The molecule has 0 saturated carbocycles. The normalized spacial score (nSPS) is 14.7. The molecule has 7 heteroatoms. The van der Waals surface area contributed by atoms with Crippen molar-refractivity contribution < 1.29 is 14.3 Å². The minimum Gasteiger partial charge on any atom is -0.495 e. The van der Waals surface area contributed by atoms with Crippen LogP contribution in [0.4, 0.5) is 17.2 Å². The number of carbonyl (C=O) groups is 1. The highest BCUT2D eigenvalue weighted by atomic mass is 35.5. The van der Waals surface area contributed by atoms with Gasteiger partial charge in [0.15, 0.2) is 0 Å². The molecule has 0 atom stereocenters. The number of anilines is 3. The average molecular weight is 376 g/mol. The molecule has 6 nitrogen and oxygen atoms in total. The Morgan fingerprint density at radius 1 is 1.31 bits per heavy atom. The minimum atomic E-state index is 0.00264. The van der Waals surface area contributed by atoms with Crippen LogP contribution in [0.25, 0.3) is 0 Å². The molecule has 0 unspecified atom stereocenters. The number of hydrogen-bond donors (Lipinski definition) is 2. The summed E-state index contributed by atoms with van der Waals surface area (Å²) in [7, 11) is 1.59. The van der Waals surface area contributed by atoms with Crippen LogP contribution in [0.3, 0.4) is 0 Å². The van der Waals surface area contributed by atoms with Gasteiger partial charge in [-0.15, -0.1) is 0 Å². The summed E-state index contributed by atoms with van der Waals surface area (Å²) in [5, 5.41) is 6.77. The topological polar surface area (TPSA) is 72.5 Å². The van der Waals surface area contributed by atoms with Crippen LogP contribution in [0.5, 0.6) is 5.75 Å². The highest BCUT2D eigenvalue weighted by molar-refractivity contribution is 6.31. The molecule has 0 aliphatic carbocycles. The van der Waals surface area contributed by atoms with Crippen LogP contribution in [-0.2, 0) is 9.53 Å². The second-order valence-corrected chi connectivity index (χ2v) is 6.64. The van der Waals surface area contributed by atoms with Gasteiger partial charge >= 0.3 is 0 Å². The third-order valence-corrected chi connectivity index (χ3v) is 4.77. The van der Waals surface area contributed by atoms with Crippen molar-refractivity contribution in [2.45, 2.75) is 19.8 Å². The molecule has 1 aromatic carbocycles. The molecule has 26 heavy (non-hydrogen) atoms. The number of hydrogen-bond acceptors (Lipinski definition) is 5. The van der Waals surface area contributed by atoms with Crippen LogP contribution in [-0.4, -0.2) is 31.2 Å². The van der Waals surface area contributed by atoms with Gasteiger partial charge in [-0.1, -0.05) is 11.6 Å². The molecule has 1 amide bonds. The number of aromatic nitrogens is 1. The van der Waals surface area contributed by atoms with Crippen LogP contribution in [0.15, 0.2) is 30.5 Å². The molecule has 1 saturated heterocycles. The maximum atomic E-state index is 12.3.